The van der Waals surface area contributed by atoms with Crippen LogP contribution in [0.25, 0.3) is 0 Å². The van der Waals surface area contributed by atoms with Gasteiger partial charge in [-0.05, 0) is 19.2 Å². The largest absolute Gasteiger partial charge is 0.467 e. The first-order valence-corrected chi connectivity index (χ1v) is 7.55. The van der Waals surface area contributed by atoms with Gasteiger partial charge in [0.15, 0.2) is 6.61 Å². The van der Waals surface area contributed by atoms with Gasteiger partial charge in [0, 0.05) is 18.7 Å². The standard InChI is InChI=1S/C14H16ClF3N6O/c1-20-5-4-8-2-3-10(12(22-8)25-7-14(16,17)18)23-13-21-6-9(15)11(19)24-13/h2-3,6,20H,4-5,7H2,1H3,(H3,19,21,23,24). The van der Waals surface area contributed by atoms with Gasteiger partial charge in [-0.2, -0.15) is 18.2 Å². The molecule has 7 nitrogen and oxygen atoms in total. The SMILES string of the molecule is CNCCc1ccc(Nc2ncc(Cl)c(N)n2)c(OCC(F)(F)F)n1. The molecule has 136 valence electrons. The molecule has 0 aliphatic rings. The summed E-state index contributed by atoms with van der Waals surface area (Å²) in [6, 6.07) is 3.21. The zero-order chi connectivity index (χ0) is 18.4. The molecule has 0 unspecified atom stereocenters. The second-order valence-electron chi connectivity index (χ2n) is 4.96. The normalized spacial score (nSPS) is 11.4. The molecule has 0 saturated carbocycles. The van der Waals surface area contributed by atoms with Crippen LogP contribution in [0.3, 0.4) is 0 Å². The van der Waals surface area contributed by atoms with Crippen LogP contribution >= 0.6 is 11.6 Å². The Morgan fingerprint density at radius 1 is 1.28 bits per heavy atom. The molecule has 0 amide bonds. The lowest BCUT2D eigenvalue weighted by Crippen LogP contribution is -2.20. The highest BCUT2D eigenvalue weighted by Crippen LogP contribution is 2.28. The lowest BCUT2D eigenvalue weighted by Gasteiger charge is -2.14. The third kappa shape index (κ3) is 5.91. The van der Waals surface area contributed by atoms with Gasteiger partial charge in [0.05, 0.1) is 6.20 Å². The summed E-state index contributed by atoms with van der Waals surface area (Å²) in [6.45, 7) is -0.844. The van der Waals surface area contributed by atoms with Crippen molar-refractivity contribution in [1.29, 1.82) is 0 Å². The molecule has 25 heavy (non-hydrogen) atoms. The topological polar surface area (TPSA) is 98.0 Å². The summed E-state index contributed by atoms with van der Waals surface area (Å²) in [5, 5.41) is 5.83. The lowest BCUT2D eigenvalue weighted by atomic mass is 10.2. The first-order chi connectivity index (χ1) is 11.8. The number of alkyl halides is 3. The molecule has 2 aromatic rings. The molecule has 0 aliphatic heterocycles. The van der Waals surface area contributed by atoms with Crippen LogP contribution in [0.15, 0.2) is 18.3 Å². The number of nitrogen functional groups attached to an aromatic ring is 1. The molecule has 4 N–H and O–H groups in total. The molecule has 11 heteroatoms. The Balaban J connectivity index is 2.25. The van der Waals surface area contributed by atoms with Gasteiger partial charge in [-0.1, -0.05) is 11.6 Å². The van der Waals surface area contributed by atoms with Gasteiger partial charge in [0.1, 0.15) is 16.5 Å². The number of anilines is 3. The summed E-state index contributed by atoms with van der Waals surface area (Å²) < 4.78 is 42.2. The Morgan fingerprint density at radius 2 is 2.04 bits per heavy atom. The van der Waals surface area contributed by atoms with Gasteiger partial charge in [-0.15, -0.1) is 0 Å². The Hall–Kier alpha value is -2.33. The Bertz CT molecular complexity index is 728. The van der Waals surface area contributed by atoms with E-state index in [1.54, 1.807) is 13.1 Å². The number of rotatable bonds is 7. The molecule has 0 aromatic carbocycles. The van der Waals surface area contributed by atoms with Crippen LogP contribution in [-0.2, 0) is 6.42 Å². The summed E-state index contributed by atoms with van der Waals surface area (Å²) >= 11 is 5.74. The highest BCUT2D eigenvalue weighted by molar-refractivity contribution is 6.32. The Kier molecular flexibility index (Phi) is 6.21. The predicted molar refractivity (Wildman–Crippen MR) is 88.2 cm³/mol. The first kappa shape index (κ1) is 19.0. The highest BCUT2D eigenvalue weighted by Gasteiger charge is 2.29. The quantitative estimate of drug-likeness (QED) is 0.683. The van der Waals surface area contributed by atoms with Crippen molar-refractivity contribution in [1.82, 2.24) is 20.3 Å². The molecule has 2 rings (SSSR count). The van der Waals surface area contributed by atoms with Gasteiger partial charge in [0.25, 0.3) is 0 Å². The van der Waals surface area contributed by atoms with Crippen LogP contribution in [0.1, 0.15) is 5.69 Å². The van der Waals surface area contributed by atoms with E-state index in [-0.39, 0.29) is 28.4 Å². The van der Waals surface area contributed by atoms with E-state index in [0.29, 0.717) is 18.7 Å². The van der Waals surface area contributed by atoms with E-state index in [1.807, 2.05) is 0 Å². The van der Waals surface area contributed by atoms with Crippen molar-refractivity contribution in [2.75, 3.05) is 31.2 Å². The number of hydrogen-bond donors (Lipinski definition) is 3. The molecular formula is C14H16ClF3N6O. The molecule has 0 radical (unpaired) electrons. The number of halogens is 4. The van der Waals surface area contributed by atoms with Crippen molar-refractivity contribution in [3.8, 4) is 5.88 Å². The number of ether oxygens (including phenoxy) is 1. The minimum absolute atomic E-state index is 0.0375. The third-order valence-electron chi connectivity index (χ3n) is 2.94. The van der Waals surface area contributed by atoms with E-state index < -0.39 is 12.8 Å². The predicted octanol–water partition coefficient (Wildman–Crippen LogP) is 2.55. The Morgan fingerprint density at radius 3 is 2.68 bits per heavy atom. The van der Waals surface area contributed by atoms with Gasteiger partial charge < -0.3 is 21.1 Å². The van der Waals surface area contributed by atoms with Gasteiger partial charge in [0.2, 0.25) is 11.8 Å². The van der Waals surface area contributed by atoms with Crippen LogP contribution < -0.4 is 21.1 Å². The van der Waals surface area contributed by atoms with Gasteiger partial charge in [-0.3, -0.25) is 0 Å². The van der Waals surface area contributed by atoms with Crippen LogP contribution in [-0.4, -0.2) is 41.3 Å². The van der Waals surface area contributed by atoms with Crippen LogP contribution in [0.2, 0.25) is 5.02 Å². The molecule has 0 saturated heterocycles. The monoisotopic (exact) mass is 376 g/mol. The zero-order valence-electron chi connectivity index (χ0n) is 13.2. The van der Waals surface area contributed by atoms with E-state index >= 15 is 0 Å². The fourth-order valence-electron chi connectivity index (χ4n) is 1.79. The number of nitrogens with two attached hydrogens (primary N) is 1. The molecular weight excluding hydrogens is 361 g/mol. The van der Waals surface area contributed by atoms with Crippen molar-refractivity contribution < 1.29 is 17.9 Å². The summed E-state index contributed by atoms with van der Waals surface area (Å²) in [4.78, 5) is 11.9. The number of aromatic nitrogens is 3. The van der Waals surface area contributed by atoms with Crippen LogP contribution in [0, 0.1) is 0 Å². The van der Waals surface area contributed by atoms with E-state index in [1.165, 1.54) is 12.3 Å². The highest BCUT2D eigenvalue weighted by atomic mass is 35.5. The van der Waals surface area contributed by atoms with E-state index in [0.717, 1.165) is 0 Å². The van der Waals surface area contributed by atoms with Gasteiger partial charge >= 0.3 is 6.18 Å². The maximum Gasteiger partial charge on any atom is 0.422 e. The average molecular weight is 377 g/mol. The molecule has 0 bridgehead atoms. The minimum Gasteiger partial charge on any atom is -0.467 e. The smallest absolute Gasteiger partial charge is 0.422 e. The van der Waals surface area contributed by atoms with Gasteiger partial charge in [-0.25, -0.2) is 9.97 Å². The fraction of sp³-hybridized carbons (Fsp3) is 0.357. The number of hydrogen-bond acceptors (Lipinski definition) is 7. The lowest BCUT2D eigenvalue weighted by molar-refractivity contribution is -0.154. The number of pyridine rings is 1. The van der Waals surface area contributed by atoms with E-state index in [2.05, 4.69) is 25.6 Å². The molecule has 2 aromatic heterocycles. The van der Waals surface area contributed by atoms with Crippen LogP contribution in [0.4, 0.5) is 30.6 Å². The summed E-state index contributed by atoms with van der Waals surface area (Å²) in [5.41, 5.74) is 6.34. The fourth-order valence-corrected chi connectivity index (χ4v) is 1.88. The number of nitrogens with one attached hydrogen (secondary N) is 2. The summed E-state index contributed by atoms with van der Waals surface area (Å²) in [7, 11) is 1.76. The second kappa shape index (κ2) is 8.17. The molecule has 0 aliphatic carbocycles. The third-order valence-corrected chi connectivity index (χ3v) is 3.23. The molecule has 0 spiro atoms. The molecule has 0 fully saturated rings. The maximum absolute atomic E-state index is 12.5. The summed E-state index contributed by atoms with van der Waals surface area (Å²) in [6.07, 6.45) is -2.68. The average Bonchev–Trinajstić information content (AvgIpc) is 2.55. The van der Waals surface area contributed by atoms with Crippen molar-refractivity contribution in [2.24, 2.45) is 0 Å². The molecule has 2 heterocycles. The number of nitrogens with zero attached hydrogens (tertiary/aromatic N) is 3. The van der Waals surface area contributed by atoms with Crippen LogP contribution in [0.5, 0.6) is 5.88 Å². The summed E-state index contributed by atoms with van der Waals surface area (Å²) in [5.74, 6) is -0.109. The Labute approximate surface area is 146 Å². The second-order valence-corrected chi connectivity index (χ2v) is 5.37. The number of likely N-dealkylation sites (N-methyl/N-ethyl adjacent to an activating group) is 1. The first-order valence-electron chi connectivity index (χ1n) is 7.17. The minimum atomic E-state index is -4.48. The van der Waals surface area contributed by atoms with E-state index in [4.69, 9.17) is 22.1 Å². The van der Waals surface area contributed by atoms with Crippen molar-refractivity contribution in [3.05, 3.63) is 29.0 Å². The van der Waals surface area contributed by atoms with Crippen molar-refractivity contribution in [2.45, 2.75) is 12.6 Å². The maximum atomic E-state index is 12.5. The van der Waals surface area contributed by atoms with Crippen molar-refractivity contribution in [3.63, 3.8) is 0 Å². The van der Waals surface area contributed by atoms with E-state index in [9.17, 15) is 13.2 Å². The molecule has 0 atom stereocenters. The zero-order valence-corrected chi connectivity index (χ0v) is 13.9. The van der Waals surface area contributed by atoms with Crippen molar-refractivity contribution >= 4 is 29.1 Å².